The van der Waals surface area contributed by atoms with Gasteiger partial charge in [0, 0.05) is 33.2 Å². The molecule has 0 N–H and O–H groups in total. The third-order valence-electron chi connectivity index (χ3n) is 4.15. The van der Waals surface area contributed by atoms with Gasteiger partial charge in [-0.15, -0.1) is 11.3 Å². The van der Waals surface area contributed by atoms with Crippen molar-refractivity contribution in [1.82, 2.24) is 4.90 Å². The summed E-state index contributed by atoms with van der Waals surface area (Å²) in [5.41, 5.74) is -0.101. The molecule has 1 aromatic heterocycles. The summed E-state index contributed by atoms with van der Waals surface area (Å²) in [6.07, 6.45) is 5.71. The Balaban J connectivity index is 1.92. The van der Waals surface area contributed by atoms with E-state index in [1.165, 1.54) is 24.0 Å². The summed E-state index contributed by atoms with van der Waals surface area (Å²) in [4.78, 5) is 15.2. The third kappa shape index (κ3) is 4.14. The number of aldehydes is 1. The van der Waals surface area contributed by atoms with E-state index in [9.17, 15) is 4.79 Å². The number of carbonyl (C=O) groups excluding carboxylic acids is 1. The number of nitrogens with zero attached hydrogens (tertiary/aromatic N) is 1. The van der Waals surface area contributed by atoms with Crippen LogP contribution in [0.25, 0.3) is 0 Å². The predicted molar refractivity (Wildman–Crippen MR) is 84.5 cm³/mol. The standard InChI is InChI=1S/C15H22BrNOS/c1-12-3-5-15(11-18,6-4-12)10-17(2)8-14-7-13(16)9-19-14/h7,9,11-12H,3-6,8,10H2,1-2H3. The van der Waals surface area contributed by atoms with Crippen molar-refractivity contribution in [3.8, 4) is 0 Å². The van der Waals surface area contributed by atoms with Crippen LogP contribution in [0.4, 0.5) is 0 Å². The van der Waals surface area contributed by atoms with E-state index in [0.717, 1.165) is 36.3 Å². The van der Waals surface area contributed by atoms with Crippen LogP contribution in [0.1, 0.15) is 37.5 Å². The van der Waals surface area contributed by atoms with E-state index in [2.05, 4.69) is 46.2 Å². The highest BCUT2D eigenvalue weighted by molar-refractivity contribution is 9.10. The molecule has 1 aliphatic carbocycles. The SMILES string of the molecule is CC1CCC(C=O)(CN(C)Cc2cc(Br)cs2)CC1. The summed E-state index contributed by atoms with van der Waals surface area (Å²) in [6.45, 7) is 4.11. The van der Waals surface area contributed by atoms with Crippen LogP contribution in [-0.2, 0) is 11.3 Å². The molecular weight excluding hydrogens is 322 g/mol. The maximum Gasteiger partial charge on any atom is 0.127 e. The van der Waals surface area contributed by atoms with E-state index < -0.39 is 0 Å². The van der Waals surface area contributed by atoms with Crippen molar-refractivity contribution in [2.45, 2.75) is 39.2 Å². The number of thiophene rings is 1. The van der Waals surface area contributed by atoms with E-state index >= 15 is 0 Å². The van der Waals surface area contributed by atoms with Crippen molar-refractivity contribution in [2.75, 3.05) is 13.6 Å². The predicted octanol–water partition coefficient (Wildman–Crippen LogP) is 4.34. The highest BCUT2D eigenvalue weighted by Crippen LogP contribution is 2.38. The first-order valence-corrected chi connectivity index (χ1v) is 8.58. The Kier molecular flexibility index (Phi) is 5.21. The highest BCUT2D eigenvalue weighted by atomic mass is 79.9. The summed E-state index contributed by atoms with van der Waals surface area (Å²) >= 11 is 5.26. The zero-order chi connectivity index (χ0) is 13.9. The van der Waals surface area contributed by atoms with Gasteiger partial charge in [0.15, 0.2) is 0 Å². The molecular formula is C15H22BrNOS. The van der Waals surface area contributed by atoms with Gasteiger partial charge >= 0.3 is 0 Å². The van der Waals surface area contributed by atoms with Crippen molar-refractivity contribution in [2.24, 2.45) is 11.3 Å². The molecule has 1 heterocycles. The van der Waals surface area contributed by atoms with Crippen molar-refractivity contribution in [3.63, 3.8) is 0 Å². The molecule has 1 fully saturated rings. The van der Waals surface area contributed by atoms with E-state index in [-0.39, 0.29) is 5.41 Å². The molecule has 0 aliphatic heterocycles. The second-order valence-electron chi connectivity index (χ2n) is 6.07. The van der Waals surface area contributed by atoms with Crippen molar-refractivity contribution < 1.29 is 4.79 Å². The first kappa shape index (κ1) is 15.2. The highest BCUT2D eigenvalue weighted by Gasteiger charge is 2.34. The quantitative estimate of drug-likeness (QED) is 0.741. The van der Waals surface area contributed by atoms with Crippen molar-refractivity contribution >= 4 is 33.6 Å². The van der Waals surface area contributed by atoms with Crippen LogP contribution in [0.3, 0.4) is 0 Å². The molecule has 1 aromatic rings. The average molecular weight is 344 g/mol. The Hall–Kier alpha value is -0.190. The van der Waals surface area contributed by atoms with Gasteiger partial charge in [0.1, 0.15) is 6.29 Å². The van der Waals surface area contributed by atoms with E-state index in [4.69, 9.17) is 0 Å². The number of rotatable bonds is 5. The lowest BCUT2D eigenvalue weighted by atomic mass is 9.71. The Labute approximate surface area is 128 Å². The Morgan fingerprint density at radius 2 is 2.21 bits per heavy atom. The minimum Gasteiger partial charge on any atom is -0.303 e. The molecule has 1 saturated carbocycles. The third-order valence-corrected chi connectivity index (χ3v) is 5.83. The molecule has 4 heteroatoms. The molecule has 1 aliphatic rings. The zero-order valence-electron chi connectivity index (χ0n) is 11.7. The largest absolute Gasteiger partial charge is 0.303 e. The summed E-state index contributed by atoms with van der Waals surface area (Å²) in [6, 6.07) is 2.16. The summed E-state index contributed by atoms with van der Waals surface area (Å²) < 4.78 is 1.15. The Morgan fingerprint density at radius 1 is 1.53 bits per heavy atom. The molecule has 0 saturated heterocycles. The fraction of sp³-hybridized carbons (Fsp3) is 0.667. The van der Waals surface area contributed by atoms with Gasteiger partial charge in [-0.05, 0) is 60.6 Å². The van der Waals surface area contributed by atoms with Gasteiger partial charge < -0.3 is 9.69 Å². The lowest BCUT2D eigenvalue weighted by Gasteiger charge is -2.37. The first-order chi connectivity index (χ1) is 9.03. The monoisotopic (exact) mass is 343 g/mol. The van der Waals surface area contributed by atoms with Crippen LogP contribution in [-0.4, -0.2) is 24.8 Å². The summed E-state index contributed by atoms with van der Waals surface area (Å²) in [5, 5.41) is 2.11. The first-order valence-electron chi connectivity index (χ1n) is 6.91. The number of hydrogen-bond acceptors (Lipinski definition) is 3. The normalized spacial score (nSPS) is 27.7. The van der Waals surface area contributed by atoms with Crippen LogP contribution >= 0.6 is 27.3 Å². The molecule has 0 radical (unpaired) electrons. The maximum absolute atomic E-state index is 11.5. The Bertz CT molecular complexity index is 424. The van der Waals surface area contributed by atoms with Gasteiger partial charge in [0.25, 0.3) is 0 Å². The van der Waals surface area contributed by atoms with Gasteiger partial charge in [-0.1, -0.05) is 6.92 Å². The van der Waals surface area contributed by atoms with Crippen LogP contribution in [0.5, 0.6) is 0 Å². The van der Waals surface area contributed by atoms with Crippen LogP contribution in [0, 0.1) is 11.3 Å². The topological polar surface area (TPSA) is 20.3 Å². The fourth-order valence-corrected chi connectivity index (χ4v) is 4.48. The lowest BCUT2D eigenvalue weighted by Crippen LogP contribution is -2.39. The second kappa shape index (κ2) is 6.51. The molecule has 2 nitrogen and oxygen atoms in total. The van der Waals surface area contributed by atoms with Crippen molar-refractivity contribution in [1.29, 1.82) is 0 Å². The smallest absolute Gasteiger partial charge is 0.127 e. The lowest BCUT2D eigenvalue weighted by molar-refractivity contribution is -0.119. The van der Waals surface area contributed by atoms with Crippen LogP contribution < -0.4 is 0 Å². The maximum atomic E-state index is 11.5. The van der Waals surface area contributed by atoms with Gasteiger partial charge in [-0.25, -0.2) is 0 Å². The molecule has 0 bridgehead atoms. The summed E-state index contributed by atoms with van der Waals surface area (Å²) in [7, 11) is 2.12. The van der Waals surface area contributed by atoms with E-state index in [1.54, 1.807) is 11.3 Å². The van der Waals surface area contributed by atoms with Gasteiger partial charge in [-0.3, -0.25) is 0 Å². The van der Waals surface area contributed by atoms with E-state index in [1.807, 2.05) is 0 Å². The molecule has 19 heavy (non-hydrogen) atoms. The molecule has 0 aromatic carbocycles. The number of halogens is 1. The molecule has 2 rings (SSSR count). The Morgan fingerprint density at radius 3 is 2.74 bits per heavy atom. The molecule has 106 valence electrons. The number of carbonyl (C=O) groups is 1. The molecule has 0 unspecified atom stereocenters. The second-order valence-corrected chi connectivity index (χ2v) is 7.98. The minimum absolute atomic E-state index is 0.101. The average Bonchev–Trinajstić information content (AvgIpc) is 2.78. The van der Waals surface area contributed by atoms with Gasteiger partial charge in [-0.2, -0.15) is 0 Å². The minimum atomic E-state index is -0.101. The number of hydrogen-bond donors (Lipinski definition) is 0. The van der Waals surface area contributed by atoms with Crippen LogP contribution in [0.2, 0.25) is 0 Å². The van der Waals surface area contributed by atoms with Gasteiger partial charge in [0.2, 0.25) is 0 Å². The molecule has 0 amide bonds. The fourth-order valence-electron chi connectivity index (χ4n) is 2.95. The zero-order valence-corrected chi connectivity index (χ0v) is 14.1. The van der Waals surface area contributed by atoms with Crippen molar-refractivity contribution in [3.05, 3.63) is 20.8 Å². The van der Waals surface area contributed by atoms with E-state index in [0.29, 0.717) is 0 Å². The summed E-state index contributed by atoms with van der Waals surface area (Å²) in [5.74, 6) is 0.784. The molecule has 0 atom stereocenters. The van der Waals surface area contributed by atoms with Gasteiger partial charge in [0.05, 0.1) is 0 Å². The van der Waals surface area contributed by atoms with Crippen LogP contribution in [0.15, 0.2) is 15.9 Å². The molecule has 0 spiro atoms.